The summed E-state index contributed by atoms with van der Waals surface area (Å²) in [6, 6.07) is 13.1. The van der Waals surface area contributed by atoms with Crippen molar-refractivity contribution in [3.63, 3.8) is 0 Å². The van der Waals surface area contributed by atoms with E-state index >= 15 is 0 Å². The molecule has 0 amide bonds. The van der Waals surface area contributed by atoms with E-state index in [0.29, 0.717) is 15.3 Å². The Morgan fingerprint density at radius 3 is 2.44 bits per heavy atom. The molecule has 0 radical (unpaired) electrons. The summed E-state index contributed by atoms with van der Waals surface area (Å²) in [6.07, 6.45) is 0.0840. The molecule has 0 spiro atoms. The van der Waals surface area contributed by atoms with Crippen molar-refractivity contribution in [1.82, 2.24) is 0 Å². The lowest BCUT2D eigenvalue weighted by molar-refractivity contribution is -0.146. The Labute approximate surface area is 151 Å². The highest BCUT2D eigenvalue weighted by molar-refractivity contribution is 7.12. The topological polar surface area (TPSA) is 43.4 Å². The van der Waals surface area contributed by atoms with Crippen LogP contribution in [0.25, 0.3) is 0 Å². The van der Waals surface area contributed by atoms with Crippen molar-refractivity contribution in [3.8, 4) is 0 Å². The molecule has 0 bridgehead atoms. The molecule has 0 N–H and O–H groups in total. The lowest BCUT2D eigenvalue weighted by Crippen LogP contribution is -2.39. The molecule has 1 fully saturated rings. The van der Waals surface area contributed by atoms with Crippen molar-refractivity contribution >= 4 is 34.4 Å². The van der Waals surface area contributed by atoms with Gasteiger partial charge in [-0.3, -0.25) is 9.59 Å². The highest BCUT2D eigenvalue weighted by Crippen LogP contribution is 2.51. The highest BCUT2D eigenvalue weighted by atomic mass is 32.1. The van der Waals surface area contributed by atoms with Crippen molar-refractivity contribution in [1.29, 1.82) is 0 Å². The van der Waals surface area contributed by atoms with Gasteiger partial charge in [-0.1, -0.05) is 24.3 Å². The molecular formula is C19H13FO3S2. The molecular weight excluding hydrogens is 359 g/mol. The van der Waals surface area contributed by atoms with Crippen LogP contribution in [0.5, 0.6) is 0 Å². The molecule has 2 aromatic heterocycles. The van der Waals surface area contributed by atoms with Crippen LogP contribution in [-0.2, 0) is 15.1 Å². The van der Waals surface area contributed by atoms with Gasteiger partial charge >= 0.3 is 5.97 Å². The van der Waals surface area contributed by atoms with Gasteiger partial charge in [0.15, 0.2) is 0 Å². The Morgan fingerprint density at radius 2 is 1.80 bits per heavy atom. The van der Waals surface area contributed by atoms with E-state index in [1.807, 2.05) is 22.9 Å². The third kappa shape index (κ3) is 2.62. The fraction of sp³-hybridized carbons (Fsp3) is 0.158. The largest absolute Gasteiger partial charge is 0.444 e. The molecule has 0 unspecified atom stereocenters. The van der Waals surface area contributed by atoms with E-state index < -0.39 is 17.5 Å². The monoisotopic (exact) mass is 372 g/mol. The van der Waals surface area contributed by atoms with Gasteiger partial charge in [0.05, 0.1) is 16.2 Å². The molecule has 1 aromatic carbocycles. The maximum atomic E-state index is 13.4. The minimum Gasteiger partial charge on any atom is -0.444 e. The van der Waals surface area contributed by atoms with E-state index in [1.54, 1.807) is 24.3 Å². The van der Waals surface area contributed by atoms with Gasteiger partial charge in [0, 0.05) is 5.92 Å². The number of halogens is 1. The number of ketones is 1. The number of carbonyl (C=O) groups excluding carboxylic acids is 2. The first-order valence-corrected chi connectivity index (χ1v) is 9.47. The second kappa shape index (κ2) is 6.20. The standard InChI is InChI=1S/C19H13FO3S2/c20-13-7-5-12(6-8-13)14-11-17(21)23-19(14,16-4-2-10-25-16)18(22)15-3-1-9-24-15/h1-10,14H,11H2/t14-,19-/m0/s1. The van der Waals surface area contributed by atoms with Crippen LogP contribution in [0.3, 0.4) is 0 Å². The quantitative estimate of drug-likeness (QED) is 0.490. The molecule has 2 atom stereocenters. The number of rotatable bonds is 4. The predicted octanol–water partition coefficient (Wildman–Crippen LogP) is 4.76. The molecule has 0 saturated carbocycles. The first-order chi connectivity index (χ1) is 12.1. The number of thiophene rings is 2. The number of carbonyl (C=O) groups is 2. The van der Waals surface area contributed by atoms with Crippen LogP contribution in [0.4, 0.5) is 4.39 Å². The summed E-state index contributed by atoms with van der Waals surface area (Å²) >= 11 is 2.70. The Bertz CT molecular complexity index is 901. The van der Waals surface area contributed by atoms with Gasteiger partial charge in [-0.05, 0) is 40.6 Å². The normalized spacial score (nSPS) is 22.8. The maximum Gasteiger partial charge on any atom is 0.307 e. The van der Waals surface area contributed by atoms with Crippen molar-refractivity contribution < 1.29 is 18.7 Å². The molecule has 3 aromatic rings. The molecule has 1 saturated heterocycles. The number of benzene rings is 1. The van der Waals surface area contributed by atoms with Crippen LogP contribution in [0, 0.1) is 5.82 Å². The van der Waals surface area contributed by atoms with Gasteiger partial charge in [0.1, 0.15) is 5.82 Å². The van der Waals surface area contributed by atoms with Crippen molar-refractivity contribution in [3.05, 3.63) is 80.4 Å². The summed E-state index contributed by atoms with van der Waals surface area (Å²) in [6.45, 7) is 0. The van der Waals surface area contributed by atoms with Crippen LogP contribution < -0.4 is 0 Å². The molecule has 0 aliphatic carbocycles. The van der Waals surface area contributed by atoms with Gasteiger partial charge < -0.3 is 4.74 Å². The van der Waals surface area contributed by atoms with E-state index in [-0.39, 0.29) is 18.0 Å². The molecule has 1 aliphatic heterocycles. The van der Waals surface area contributed by atoms with Crippen LogP contribution in [0.15, 0.2) is 59.3 Å². The molecule has 3 heterocycles. The zero-order valence-electron chi connectivity index (χ0n) is 13.0. The Morgan fingerprint density at radius 1 is 1.08 bits per heavy atom. The number of esters is 1. The minimum absolute atomic E-state index is 0.0840. The number of ether oxygens (including phenoxy) is 1. The average molecular weight is 372 g/mol. The summed E-state index contributed by atoms with van der Waals surface area (Å²) in [5, 5.41) is 3.67. The van der Waals surface area contributed by atoms with Gasteiger partial charge in [-0.25, -0.2) is 4.39 Å². The van der Waals surface area contributed by atoms with Crippen molar-refractivity contribution in [2.45, 2.75) is 17.9 Å². The number of hydrogen-bond acceptors (Lipinski definition) is 5. The average Bonchev–Trinajstić information content (AvgIpc) is 3.36. The third-order valence-corrected chi connectivity index (χ3v) is 6.23. The first-order valence-electron chi connectivity index (χ1n) is 7.71. The smallest absolute Gasteiger partial charge is 0.307 e. The van der Waals surface area contributed by atoms with Crippen LogP contribution in [0.1, 0.15) is 32.5 Å². The van der Waals surface area contributed by atoms with Crippen molar-refractivity contribution in [2.75, 3.05) is 0 Å². The lowest BCUT2D eigenvalue weighted by atomic mass is 9.77. The summed E-state index contributed by atoms with van der Waals surface area (Å²) in [7, 11) is 0. The summed E-state index contributed by atoms with van der Waals surface area (Å²) in [5.74, 6) is -1.51. The number of hydrogen-bond donors (Lipinski definition) is 0. The van der Waals surface area contributed by atoms with Gasteiger partial charge in [-0.15, -0.1) is 22.7 Å². The van der Waals surface area contributed by atoms with Crippen LogP contribution in [-0.4, -0.2) is 11.8 Å². The van der Waals surface area contributed by atoms with Crippen LogP contribution >= 0.6 is 22.7 Å². The SMILES string of the molecule is O=C1C[C@@H](c2ccc(F)cc2)[C@@](C(=O)c2cccs2)(c2cccs2)O1. The van der Waals surface area contributed by atoms with E-state index in [4.69, 9.17) is 4.74 Å². The minimum atomic E-state index is -1.39. The predicted molar refractivity (Wildman–Crippen MR) is 94.5 cm³/mol. The fourth-order valence-electron chi connectivity index (χ4n) is 3.27. The molecule has 4 rings (SSSR count). The number of cyclic esters (lactones) is 1. The molecule has 25 heavy (non-hydrogen) atoms. The maximum absolute atomic E-state index is 13.4. The Balaban J connectivity index is 1.90. The van der Waals surface area contributed by atoms with E-state index in [2.05, 4.69) is 0 Å². The molecule has 3 nitrogen and oxygen atoms in total. The molecule has 1 aliphatic rings. The summed E-state index contributed by atoms with van der Waals surface area (Å²) in [4.78, 5) is 26.9. The van der Waals surface area contributed by atoms with Gasteiger partial charge in [0.25, 0.3) is 0 Å². The lowest BCUT2D eigenvalue weighted by Gasteiger charge is -2.31. The Kier molecular flexibility index (Phi) is 4.01. The van der Waals surface area contributed by atoms with E-state index in [1.165, 1.54) is 34.8 Å². The zero-order chi connectivity index (χ0) is 17.4. The highest BCUT2D eigenvalue weighted by Gasteiger charge is 2.57. The van der Waals surface area contributed by atoms with Gasteiger partial charge in [0.2, 0.25) is 11.4 Å². The van der Waals surface area contributed by atoms with Crippen molar-refractivity contribution in [2.24, 2.45) is 0 Å². The number of Topliss-reactive ketones (excluding diaryl/α,β-unsaturated/α-hetero) is 1. The fourth-order valence-corrected chi connectivity index (χ4v) is 4.90. The van der Waals surface area contributed by atoms with Gasteiger partial charge in [-0.2, -0.15) is 0 Å². The first kappa shape index (κ1) is 16.2. The second-order valence-corrected chi connectivity index (χ2v) is 7.70. The third-order valence-electron chi connectivity index (χ3n) is 4.38. The second-order valence-electron chi connectivity index (χ2n) is 5.80. The summed E-state index contributed by atoms with van der Waals surface area (Å²) < 4.78 is 19.0. The molecule has 6 heteroatoms. The van der Waals surface area contributed by atoms with E-state index in [9.17, 15) is 14.0 Å². The zero-order valence-corrected chi connectivity index (χ0v) is 14.6. The van der Waals surface area contributed by atoms with E-state index in [0.717, 1.165) is 0 Å². The Hall–Kier alpha value is -2.31. The van der Waals surface area contributed by atoms with Crippen LogP contribution in [0.2, 0.25) is 0 Å². The molecule has 126 valence electrons. The summed E-state index contributed by atoms with van der Waals surface area (Å²) in [5.41, 5.74) is -0.681.